The van der Waals surface area contributed by atoms with Gasteiger partial charge in [-0.1, -0.05) is 24.6 Å². The molecule has 2 aromatic carbocycles. The lowest BCUT2D eigenvalue weighted by Crippen LogP contribution is -2.46. The highest BCUT2D eigenvalue weighted by Crippen LogP contribution is 2.27. The SMILES string of the molecule is CCN1CCN(c2ccc(-c3nc(NCc4ccc(Cl)cc4F)c4ncn(C)c4n3)cc2)CC1. The van der Waals surface area contributed by atoms with Crippen LogP contribution in [0.15, 0.2) is 48.8 Å². The molecule has 9 heteroatoms. The maximum atomic E-state index is 14.3. The van der Waals surface area contributed by atoms with Gasteiger partial charge in [0.05, 0.1) is 6.33 Å². The number of hydrogen-bond acceptors (Lipinski definition) is 6. The van der Waals surface area contributed by atoms with Crippen molar-refractivity contribution in [2.75, 3.05) is 42.9 Å². The number of likely N-dealkylation sites (N-methyl/N-ethyl adjacent to an activating group) is 1. The number of hydrogen-bond donors (Lipinski definition) is 1. The van der Waals surface area contributed by atoms with Gasteiger partial charge in [-0.2, -0.15) is 0 Å². The van der Waals surface area contributed by atoms with E-state index in [4.69, 9.17) is 21.6 Å². The molecule has 34 heavy (non-hydrogen) atoms. The van der Waals surface area contributed by atoms with Crippen molar-refractivity contribution in [3.8, 4) is 11.4 Å². The Hall–Kier alpha value is -3.23. The zero-order valence-electron chi connectivity index (χ0n) is 19.3. The quantitative estimate of drug-likeness (QED) is 0.437. The van der Waals surface area contributed by atoms with Crippen LogP contribution in [-0.4, -0.2) is 57.1 Å². The molecule has 3 heterocycles. The van der Waals surface area contributed by atoms with E-state index in [1.54, 1.807) is 18.5 Å². The minimum Gasteiger partial charge on any atom is -0.369 e. The Bertz CT molecular complexity index is 1300. The Balaban J connectivity index is 1.40. The van der Waals surface area contributed by atoms with E-state index in [9.17, 15) is 4.39 Å². The van der Waals surface area contributed by atoms with Crippen molar-refractivity contribution in [3.63, 3.8) is 0 Å². The second-order valence-electron chi connectivity index (χ2n) is 8.48. The predicted molar refractivity (Wildman–Crippen MR) is 135 cm³/mol. The van der Waals surface area contributed by atoms with Gasteiger partial charge in [-0.15, -0.1) is 0 Å². The Labute approximate surface area is 203 Å². The fourth-order valence-electron chi connectivity index (χ4n) is 4.25. The van der Waals surface area contributed by atoms with Gasteiger partial charge in [0.15, 0.2) is 17.3 Å². The number of rotatable bonds is 6. The topological polar surface area (TPSA) is 62.1 Å². The molecule has 7 nitrogen and oxygen atoms in total. The summed E-state index contributed by atoms with van der Waals surface area (Å²) in [5.41, 5.74) is 3.98. The summed E-state index contributed by atoms with van der Waals surface area (Å²) in [7, 11) is 1.90. The summed E-state index contributed by atoms with van der Waals surface area (Å²) >= 11 is 5.88. The lowest BCUT2D eigenvalue weighted by molar-refractivity contribution is 0.271. The summed E-state index contributed by atoms with van der Waals surface area (Å²) < 4.78 is 16.1. The van der Waals surface area contributed by atoms with E-state index >= 15 is 0 Å². The largest absolute Gasteiger partial charge is 0.369 e. The van der Waals surface area contributed by atoms with Crippen LogP contribution in [0.2, 0.25) is 5.02 Å². The molecule has 176 valence electrons. The van der Waals surface area contributed by atoms with E-state index in [2.05, 4.69) is 51.3 Å². The third kappa shape index (κ3) is 4.56. The summed E-state index contributed by atoms with van der Waals surface area (Å²) in [6.07, 6.45) is 1.70. The van der Waals surface area contributed by atoms with E-state index < -0.39 is 0 Å². The van der Waals surface area contributed by atoms with Crippen LogP contribution in [0, 0.1) is 5.82 Å². The number of piperazine rings is 1. The van der Waals surface area contributed by atoms with Gasteiger partial charge in [0.1, 0.15) is 11.3 Å². The smallest absolute Gasteiger partial charge is 0.165 e. The van der Waals surface area contributed by atoms with Crippen molar-refractivity contribution < 1.29 is 4.39 Å². The molecule has 5 rings (SSSR count). The van der Waals surface area contributed by atoms with Crippen LogP contribution in [-0.2, 0) is 13.6 Å². The lowest BCUT2D eigenvalue weighted by atomic mass is 10.1. The average molecular weight is 480 g/mol. The van der Waals surface area contributed by atoms with E-state index in [0.717, 1.165) is 38.3 Å². The minimum absolute atomic E-state index is 0.258. The van der Waals surface area contributed by atoms with Crippen molar-refractivity contribution in [2.24, 2.45) is 7.05 Å². The highest BCUT2D eigenvalue weighted by atomic mass is 35.5. The number of nitrogens with one attached hydrogen (secondary N) is 1. The molecule has 1 aliphatic rings. The number of imidazole rings is 1. The first-order valence-electron chi connectivity index (χ1n) is 11.5. The molecule has 1 saturated heterocycles. The molecule has 0 atom stereocenters. The standard InChI is InChI=1S/C25H27ClFN7/c1-3-33-10-12-34(13-11-33)20-8-5-17(6-9-20)23-30-24(22-25(31-23)32(2)16-29-22)28-15-18-4-7-19(26)14-21(18)27/h4-9,14,16H,3,10-13,15H2,1-2H3,(H,28,30,31). The fourth-order valence-corrected chi connectivity index (χ4v) is 4.41. The van der Waals surface area contributed by atoms with Crippen molar-refractivity contribution >= 4 is 34.3 Å². The Kier molecular flexibility index (Phi) is 6.34. The van der Waals surface area contributed by atoms with Crippen LogP contribution in [0.4, 0.5) is 15.9 Å². The van der Waals surface area contributed by atoms with Gasteiger partial charge in [0.25, 0.3) is 0 Å². The van der Waals surface area contributed by atoms with Gasteiger partial charge in [-0.05, 0) is 42.9 Å². The molecule has 1 N–H and O–H groups in total. The lowest BCUT2D eigenvalue weighted by Gasteiger charge is -2.35. The summed E-state index contributed by atoms with van der Waals surface area (Å²) in [6.45, 7) is 7.79. The first kappa shape index (κ1) is 22.6. The van der Waals surface area contributed by atoms with Crippen molar-refractivity contribution in [1.29, 1.82) is 0 Å². The molecule has 0 unspecified atom stereocenters. The Morgan fingerprint density at radius 2 is 1.79 bits per heavy atom. The maximum Gasteiger partial charge on any atom is 0.165 e. The molecule has 1 fully saturated rings. The molecule has 0 amide bonds. The molecule has 0 saturated carbocycles. The highest BCUT2D eigenvalue weighted by Gasteiger charge is 2.17. The van der Waals surface area contributed by atoms with Crippen LogP contribution < -0.4 is 10.2 Å². The molecule has 2 aromatic heterocycles. The first-order chi connectivity index (χ1) is 16.5. The number of benzene rings is 2. The molecule has 4 aromatic rings. The summed E-state index contributed by atoms with van der Waals surface area (Å²) in [4.78, 5) is 18.8. The number of aromatic nitrogens is 4. The van der Waals surface area contributed by atoms with Crippen LogP contribution in [0.25, 0.3) is 22.6 Å². The molecule has 0 bridgehead atoms. The number of aryl methyl sites for hydroxylation is 1. The van der Waals surface area contributed by atoms with Crippen molar-refractivity contribution in [2.45, 2.75) is 13.5 Å². The van der Waals surface area contributed by atoms with Gasteiger partial charge in [0, 0.05) is 61.6 Å². The Morgan fingerprint density at radius 3 is 2.50 bits per heavy atom. The molecule has 0 radical (unpaired) electrons. The van der Waals surface area contributed by atoms with Crippen LogP contribution in [0.1, 0.15) is 12.5 Å². The summed E-state index contributed by atoms with van der Waals surface area (Å²) in [5.74, 6) is 0.800. The molecule has 0 aliphatic carbocycles. The van der Waals surface area contributed by atoms with Gasteiger partial charge in [-0.3, -0.25) is 0 Å². The number of halogens is 2. The van der Waals surface area contributed by atoms with Crippen molar-refractivity contribution in [1.82, 2.24) is 24.4 Å². The number of fused-ring (bicyclic) bond motifs is 1. The highest BCUT2D eigenvalue weighted by molar-refractivity contribution is 6.30. The Morgan fingerprint density at radius 1 is 1.03 bits per heavy atom. The zero-order chi connectivity index (χ0) is 23.7. The second-order valence-corrected chi connectivity index (χ2v) is 8.92. The third-order valence-corrected chi connectivity index (χ3v) is 6.57. The van der Waals surface area contributed by atoms with E-state index in [1.807, 2.05) is 11.6 Å². The summed E-state index contributed by atoms with van der Waals surface area (Å²) in [6, 6.07) is 13.0. The van der Waals surface area contributed by atoms with E-state index in [0.29, 0.717) is 33.4 Å². The van der Waals surface area contributed by atoms with E-state index in [-0.39, 0.29) is 12.4 Å². The number of anilines is 2. The second kappa shape index (κ2) is 9.56. The monoisotopic (exact) mass is 479 g/mol. The van der Waals surface area contributed by atoms with Gasteiger partial charge in [0.2, 0.25) is 0 Å². The number of nitrogens with zero attached hydrogens (tertiary/aromatic N) is 6. The first-order valence-corrected chi connectivity index (χ1v) is 11.8. The van der Waals surface area contributed by atoms with E-state index in [1.165, 1.54) is 11.8 Å². The molecular weight excluding hydrogens is 453 g/mol. The van der Waals surface area contributed by atoms with Gasteiger partial charge >= 0.3 is 0 Å². The fraction of sp³-hybridized carbons (Fsp3) is 0.320. The molecular formula is C25H27ClFN7. The van der Waals surface area contributed by atoms with Crippen LogP contribution in [0.3, 0.4) is 0 Å². The maximum absolute atomic E-state index is 14.3. The average Bonchev–Trinajstić information content (AvgIpc) is 3.24. The normalized spacial score (nSPS) is 14.6. The predicted octanol–water partition coefficient (Wildman–Crippen LogP) is 4.58. The molecule has 0 spiro atoms. The van der Waals surface area contributed by atoms with Crippen molar-refractivity contribution in [3.05, 3.63) is 65.2 Å². The van der Waals surface area contributed by atoms with Crippen LogP contribution in [0.5, 0.6) is 0 Å². The van der Waals surface area contributed by atoms with Gasteiger partial charge < -0.3 is 19.7 Å². The van der Waals surface area contributed by atoms with Gasteiger partial charge in [-0.25, -0.2) is 19.3 Å². The summed E-state index contributed by atoms with van der Waals surface area (Å²) in [5, 5.41) is 3.61. The van der Waals surface area contributed by atoms with Crippen LogP contribution >= 0.6 is 11.6 Å². The minimum atomic E-state index is -0.359. The zero-order valence-corrected chi connectivity index (χ0v) is 20.1. The molecule has 1 aliphatic heterocycles. The third-order valence-electron chi connectivity index (χ3n) is 6.33.